The van der Waals surface area contributed by atoms with Crippen LogP contribution in [0, 0.1) is 13.8 Å². The number of aryl methyl sites for hydroxylation is 2. The molecule has 0 radical (unpaired) electrons. The SMILES string of the molecule is Cc1cc(C)nc(Sc2ccc(NC(=O)CSc3ccccc3)cc2)n1. The van der Waals surface area contributed by atoms with Gasteiger partial charge in [0.1, 0.15) is 0 Å². The fraction of sp³-hybridized carbons (Fsp3) is 0.150. The van der Waals surface area contributed by atoms with Gasteiger partial charge in [0.05, 0.1) is 5.75 Å². The first kappa shape index (κ1) is 18.5. The van der Waals surface area contributed by atoms with Gasteiger partial charge >= 0.3 is 0 Å². The Morgan fingerprint density at radius 3 is 2.23 bits per heavy atom. The summed E-state index contributed by atoms with van der Waals surface area (Å²) in [6, 6.07) is 19.6. The molecule has 0 spiro atoms. The van der Waals surface area contributed by atoms with Crippen LogP contribution in [-0.2, 0) is 4.79 Å². The topological polar surface area (TPSA) is 54.9 Å². The lowest BCUT2D eigenvalue weighted by Crippen LogP contribution is -2.13. The number of rotatable bonds is 6. The third kappa shape index (κ3) is 5.61. The zero-order valence-corrected chi connectivity index (χ0v) is 16.2. The highest BCUT2D eigenvalue weighted by atomic mass is 32.2. The average molecular weight is 382 g/mol. The predicted octanol–water partition coefficient (Wildman–Crippen LogP) is 4.98. The monoisotopic (exact) mass is 381 g/mol. The van der Waals surface area contributed by atoms with Crippen LogP contribution in [0.1, 0.15) is 11.4 Å². The average Bonchev–Trinajstić information content (AvgIpc) is 2.62. The van der Waals surface area contributed by atoms with Crippen LogP contribution in [0.25, 0.3) is 0 Å². The molecule has 0 bridgehead atoms. The van der Waals surface area contributed by atoms with Crippen LogP contribution in [0.5, 0.6) is 0 Å². The minimum atomic E-state index is -0.0168. The largest absolute Gasteiger partial charge is 0.325 e. The third-order valence-electron chi connectivity index (χ3n) is 3.42. The molecule has 0 saturated carbocycles. The van der Waals surface area contributed by atoms with Crippen molar-refractivity contribution in [2.75, 3.05) is 11.1 Å². The minimum Gasteiger partial charge on any atom is -0.325 e. The molecule has 3 rings (SSSR count). The number of carbonyl (C=O) groups excluding carboxylic acids is 1. The van der Waals surface area contributed by atoms with E-state index in [4.69, 9.17) is 0 Å². The van der Waals surface area contributed by atoms with Gasteiger partial charge in [-0.3, -0.25) is 4.79 Å². The first-order chi connectivity index (χ1) is 12.6. The summed E-state index contributed by atoms with van der Waals surface area (Å²) < 4.78 is 0. The first-order valence-electron chi connectivity index (χ1n) is 8.16. The van der Waals surface area contributed by atoms with Crippen molar-refractivity contribution in [3.63, 3.8) is 0 Å². The number of nitrogens with zero attached hydrogens (tertiary/aromatic N) is 2. The van der Waals surface area contributed by atoms with Gasteiger partial charge < -0.3 is 5.32 Å². The summed E-state index contributed by atoms with van der Waals surface area (Å²) in [6.07, 6.45) is 0. The molecule has 6 heteroatoms. The molecule has 3 aromatic rings. The van der Waals surface area contributed by atoms with Crippen molar-refractivity contribution >= 4 is 35.1 Å². The number of carbonyl (C=O) groups is 1. The summed E-state index contributed by atoms with van der Waals surface area (Å²) in [4.78, 5) is 23.1. The number of hydrogen-bond donors (Lipinski definition) is 1. The summed E-state index contributed by atoms with van der Waals surface area (Å²) in [5, 5.41) is 3.66. The molecule has 0 aliphatic heterocycles. The highest BCUT2D eigenvalue weighted by Gasteiger charge is 2.06. The van der Waals surface area contributed by atoms with Gasteiger partial charge in [-0.25, -0.2) is 9.97 Å². The maximum absolute atomic E-state index is 12.1. The second kappa shape index (κ2) is 8.87. The van der Waals surface area contributed by atoms with E-state index in [1.807, 2.05) is 74.5 Å². The highest BCUT2D eigenvalue weighted by molar-refractivity contribution is 8.00. The lowest BCUT2D eigenvalue weighted by atomic mass is 10.3. The molecule has 132 valence electrons. The first-order valence-corrected chi connectivity index (χ1v) is 9.96. The summed E-state index contributed by atoms with van der Waals surface area (Å²) in [6.45, 7) is 3.93. The van der Waals surface area contributed by atoms with Gasteiger partial charge in [-0.2, -0.15) is 0 Å². The number of benzene rings is 2. The maximum atomic E-state index is 12.1. The normalized spacial score (nSPS) is 10.5. The number of hydrogen-bond acceptors (Lipinski definition) is 5. The van der Waals surface area contributed by atoms with Gasteiger partial charge in [0.25, 0.3) is 0 Å². The Bertz CT molecular complexity index is 863. The Balaban J connectivity index is 1.54. The molecule has 0 aliphatic carbocycles. The Morgan fingerprint density at radius 2 is 1.58 bits per heavy atom. The molecule has 1 aromatic heterocycles. The van der Waals surface area contributed by atoms with Gasteiger partial charge in [-0.05, 0) is 68.1 Å². The molecular weight excluding hydrogens is 362 g/mol. The lowest BCUT2D eigenvalue weighted by Gasteiger charge is -2.07. The van der Waals surface area contributed by atoms with Crippen molar-refractivity contribution in [3.8, 4) is 0 Å². The lowest BCUT2D eigenvalue weighted by molar-refractivity contribution is -0.113. The summed E-state index contributed by atoms with van der Waals surface area (Å²) in [7, 11) is 0. The molecule has 0 unspecified atom stereocenters. The van der Waals surface area contributed by atoms with Crippen LogP contribution in [0.15, 0.2) is 75.6 Å². The predicted molar refractivity (Wildman–Crippen MR) is 108 cm³/mol. The van der Waals surface area contributed by atoms with E-state index in [0.29, 0.717) is 5.75 Å². The summed E-state index contributed by atoms with van der Waals surface area (Å²) in [5.74, 6) is 0.369. The van der Waals surface area contributed by atoms with Crippen LogP contribution >= 0.6 is 23.5 Å². The Kier molecular flexibility index (Phi) is 6.30. The molecule has 1 amide bonds. The fourth-order valence-electron chi connectivity index (χ4n) is 2.31. The van der Waals surface area contributed by atoms with Crippen LogP contribution in [-0.4, -0.2) is 21.6 Å². The molecule has 4 nitrogen and oxygen atoms in total. The van der Waals surface area contributed by atoms with E-state index in [-0.39, 0.29) is 5.91 Å². The Morgan fingerprint density at radius 1 is 0.923 bits per heavy atom. The molecule has 1 heterocycles. The van der Waals surface area contributed by atoms with Crippen LogP contribution in [0.4, 0.5) is 5.69 Å². The highest BCUT2D eigenvalue weighted by Crippen LogP contribution is 2.26. The molecule has 0 fully saturated rings. The van der Waals surface area contributed by atoms with E-state index in [1.165, 1.54) is 23.5 Å². The van der Waals surface area contributed by atoms with E-state index < -0.39 is 0 Å². The van der Waals surface area contributed by atoms with E-state index >= 15 is 0 Å². The van der Waals surface area contributed by atoms with Gasteiger partial charge in [0.15, 0.2) is 5.16 Å². The van der Waals surface area contributed by atoms with E-state index in [1.54, 1.807) is 0 Å². The zero-order chi connectivity index (χ0) is 18.4. The number of aromatic nitrogens is 2. The minimum absolute atomic E-state index is 0.0168. The van der Waals surface area contributed by atoms with Gasteiger partial charge in [0, 0.05) is 26.9 Å². The van der Waals surface area contributed by atoms with Crippen LogP contribution in [0.3, 0.4) is 0 Å². The van der Waals surface area contributed by atoms with Crippen molar-refractivity contribution in [2.45, 2.75) is 28.8 Å². The number of anilines is 1. The second-order valence-electron chi connectivity index (χ2n) is 5.71. The van der Waals surface area contributed by atoms with Gasteiger partial charge in [0.2, 0.25) is 5.91 Å². The van der Waals surface area contributed by atoms with Gasteiger partial charge in [-0.1, -0.05) is 18.2 Å². The molecule has 1 N–H and O–H groups in total. The van der Waals surface area contributed by atoms with E-state index in [0.717, 1.165) is 32.0 Å². The molecule has 0 saturated heterocycles. The fourth-order valence-corrected chi connectivity index (χ4v) is 3.90. The second-order valence-corrected chi connectivity index (χ2v) is 7.80. The van der Waals surface area contributed by atoms with Crippen molar-refractivity contribution in [3.05, 3.63) is 72.1 Å². The Labute approximate surface area is 161 Å². The summed E-state index contributed by atoms with van der Waals surface area (Å²) >= 11 is 3.03. The van der Waals surface area contributed by atoms with Crippen molar-refractivity contribution in [2.24, 2.45) is 0 Å². The molecule has 0 aliphatic rings. The molecule has 0 atom stereocenters. The zero-order valence-electron chi connectivity index (χ0n) is 14.6. The number of nitrogens with one attached hydrogen (secondary N) is 1. The van der Waals surface area contributed by atoms with Gasteiger partial charge in [-0.15, -0.1) is 11.8 Å². The quantitative estimate of drug-likeness (QED) is 0.482. The van der Waals surface area contributed by atoms with Crippen molar-refractivity contribution in [1.82, 2.24) is 9.97 Å². The molecular formula is C20H19N3OS2. The molecule has 2 aromatic carbocycles. The van der Waals surface area contributed by atoms with Crippen LogP contribution in [0.2, 0.25) is 0 Å². The van der Waals surface area contributed by atoms with E-state index in [2.05, 4.69) is 15.3 Å². The maximum Gasteiger partial charge on any atom is 0.234 e. The number of amides is 1. The van der Waals surface area contributed by atoms with Crippen molar-refractivity contribution < 1.29 is 4.79 Å². The van der Waals surface area contributed by atoms with E-state index in [9.17, 15) is 4.79 Å². The summed E-state index contributed by atoms with van der Waals surface area (Å²) in [5.41, 5.74) is 2.70. The molecule has 26 heavy (non-hydrogen) atoms. The Hall–Kier alpha value is -2.31. The van der Waals surface area contributed by atoms with Crippen molar-refractivity contribution in [1.29, 1.82) is 0 Å². The number of thioether (sulfide) groups is 1. The standard InChI is InChI=1S/C20H19N3OS2/c1-14-12-15(2)22-20(21-14)26-18-10-8-16(9-11-18)23-19(24)13-25-17-6-4-3-5-7-17/h3-12H,13H2,1-2H3,(H,23,24). The van der Waals surface area contributed by atoms with Crippen LogP contribution < -0.4 is 5.32 Å². The smallest absolute Gasteiger partial charge is 0.234 e. The third-order valence-corrected chi connectivity index (χ3v) is 5.31.